The fourth-order valence-corrected chi connectivity index (χ4v) is 2.00. The molecule has 0 fully saturated rings. The van der Waals surface area contributed by atoms with Crippen molar-refractivity contribution >= 4 is 21.7 Å². The third-order valence-corrected chi connectivity index (χ3v) is 2.52. The van der Waals surface area contributed by atoms with Crippen LogP contribution >= 0.6 is 15.9 Å². The van der Waals surface area contributed by atoms with Crippen molar-refractivity contribution in [3.05, 3.63) is 23.9 Å². The lowest BCUT2D eigenvalue weighted by Crippen LogP contribution is -2.29. The summed E-state index contributed by atoms with van der Waals surface area (Å²) in [5, 5.41) is 0. The topological polar surface area (TPSA) is 25.4 Å². The van der Waals surface area contributed by atoms with Gasteiger partial charge in [-0.1, -0.05) is 15.9 Å². The van der Waals surface area contributed by atoms with Crippen molar-refractivity contribution < 1.29 is 13.5 Å². The van der Waals surface area contributed by atoms with E-state index in [9.17, 15) is 8.78 Å². The normalized spacial score (nSPS) is 12.6. The molecule has 0 aliphatic heterocycles. The second kappa shape index (κ2) is 6.10. The van der Waals surface area contributed by atoms with Gasteiger partial charge in [0, 0.05) is 26.8 Å². The summed E-state index contributed by atoms with van der Waals surface area (Å²) in [6.07, 6.45) is 0.995. The number of pyridine rings is 1. The molecule has 0 aliphatic carbocycles. The minimum Gasteiger partial charge on any atom is -0.383 e. The van der Waals surface area contributed by atoms with Gasteiger partial charge >= 0.3 is 0 Å². The van der Waals surface area contributed by atoms with Crippen molar-refractivity contribution in [3.63, 3.8) is 0 Å². The molecule has 1 aromatic rings. The van der Waals surface area contributed by atoms with Crippen molar-refractivity contribution in [2.24, 2.45) is 0 Å². The van der Waals surface area contributed by atoms with E-state index in [0.717, 1.165) is 12.3 Å². The Labute approximate surface area is 102 Å². The number of anilines is 1. The largest absolute Gasteiger partial charge is 0.383 e. The molecule has 1 rings (SSSR count). The Morgan fingerprint density at radius 2 is 2.25 bits per heavy atom. The molecule has 16 heavy (non-hydrogen) atoms. The molecular formula is C10H13BrF2N2O. The van der Waals surface area contributed by atoms with E-state index in [4.69, 9.17) is 4.74 Å². The zero-order chi connectivity index (χ0) is 12.1. The Hall–Kier alpha value is -0.750. The summed E-state index contributed by atoms with van der Waals surface area (Å²) in [5.41, 5.74) is 0. The first-order valence-corrected chi connectivity index (χ1v) is 5.61. The molecule has 0 bridgehead atoms. The molecular weight excluding hydrogens is 282 g/mol. The van der Waals surface area contributed by atoms with Crippen LogP contribution in [-0.2, 0) is 4.74 Å². The van der Waals surface area contributed by atoms with Crippen molar-refractivity contribution in [2.45, 2.75) is 4.83 Å². The van der Waals surface area contributed by atoms with Gasteiger partial charge in [0.05, 0.1) is 17.6 Å². The van der Waals surface area contributed by atoms with Gasteiger partial charge in [0.2, 0.25) is 0 Å². The molecule has 1 heterocycles. The molecule has 0 saturated carbocycles. The Morgan fingerprint density at radius 3 is 2.81 bits per heavy atom. The molecule has 0 spiro atoms. The lowest BCUT2D eigenvalue weighted by atomic mass is 10.3. The van der Waals surface area contributed by atoms with E-state index in [2.05, 4.69) is 20.9 Å². The SMILES string of the molecule is COCC(Br)CN(C)c1ncc(F)cc1F. The summed E-state index contributed by atoms with van der Waals surface area (Å²) >= 11 is 3.38. The first-order valence-electron chi connectivity index (χ1n) is 4.69. The van der Waals surface area contributed by atoms with Crippen LogP contribution in [0.1, 0.15) is 0 Å². The van der Waals surface area contributed by atoms with Gasteiger partial charge in [-0.05, 0) is 0 Å². The lowest BCUT2D eigenvalue weighted by Gasteiger charge is -2.21. The first-order chi connectivity index (χ1) is 7.54. The second-order valence-corrected chi connectivity index (χ2v) is 4.69. The van der Waals surface area contributed by atoms with Crippen LogP contribution in [0.15, 0.2) is 12.3 Å². The van der Waals surface area contributed by atoms with Gasteiger partial charge in [0.15, 0.2) is 11.6 Å². The minimum absolute atomic E-state index is 0.0637. The van der Waals surface area contributed by atoms with E-state index in [-0.39, 0.29) is 10.6 Å². The Kier molecular flexibility index (Phi) is 5.08. The van der Waals surface area contributed by atoms with E-state index in [1.165, 1.54) is 0 Å². The highest BCUT2D eigenvalue weighted by Crippen LogP contribution is 2.16. The quantitative estimate of drug-likeness (QED) is 0.779. The van der Waals surface area contributed by atoms with Gasteiger partial charge in [-0.3, -0.25) is 0 Å². The van der Waals surface area contributed by atoms with Gasteiger partial charge in [0.1, 0.15) is 5.82 Å². The summed E-state index contributed by atoms with van der Waals surface area (Å²) in [6, 6.07) is 0.818. The maximum atomic E-state index is 13.3. The first kappa shape index (κ1) is 13.3. The van der Waals surface area contributed by atoms with Crippen molar-refractivity contribution in [3.8, 4) is 0 Å². The fourth-order valence-electron chi connectivity index (χ4n) is 1.31. The molecule has 0 N–H and O–H groups in total. The molecule has 6 heteroatoms. The summed E-state index contributed by atoms with van der Waals surface area (Å²) in [6.45, 7) is 1.02. The number of halogens is 3. The van der Waals surface area contributed by atoms with Crippen LogP contribution < -0.4 is 4.90 Å². The lowest BCUT2D eigenvalue weighted by molar-refractivity contribution is 0.201. The van der Waals surface area contributed by atoms with Crippen molar-refractivity contribution in [1.29, 1.82) is 0 Å². The zero-order valence-electron chi connectivity index (χ0n) is 9.08. The van der Waals surface area contributed by atoms with E-state index in [1.54, 1.807) is 19.1 Å². The van der Waals surface area contributed by atoms with Crippen LogP contribution in [0.4, 0.5) is 14.6 Å². The average Bonchev–Trinajstić information content (AvgIpc) is 2.17. The highest BCUT2D eigenvalue weighted by Gasteiger charge is 2.13. The Bertz CT molecular complexity index is 352. The number of methoxy groups -OCH3 is 1. The van der Waals surface area contributed by atoms with Gasteiger partial charge in [-0.2, -0.15) is 0 Å². The number of hydrogen-bond acceptors (Lipinski definition) is 3. The summed E-state index contributed by atoms with van der Waals surface area (Å²) < 4.78 is 30.9. The maximum absolute atomic E-state index is 13.3. The highest BCUT2D eigenvalue weighted by molar-refractivity contribution is 9.09. The number of nitrogens with zero attached hydrogens (tertiary/aromatic N) is 2. The van der Waals surface area contributed by atoms with Crippen LogP contribution in [0.2, 0.25) is 0 Å². The van der Waals surface area contributed by atoms with E-state index in [0.29, 0.717) is 13.2 Å². The van der Waals surface area contributed by atoms with Gasteiger partial charge in [-0.25, -0.2) is 13.8 Å². The summed E-state index contributed by atoms with van der Waals surface area (Å²) in [5.74, 6) is -1.22. The standard InChI is InChI=1S/C10H13BrF2N2O/c1-15(5-7(11)6-16-2)10-9(13)3-8(12)4-14-10/h3-4,7H,5-6H2,1-2H3. The Morgan fingerprint density at radius 1 is 1.56 bits per heavy atom. The van der Waals surface area contributed by atoms with Crippen LogP contribution in [-0.4, -0.2) is 37.1 Å². The van der Waals surface area contributed by atoms with Crippen molar-refractivity contribution in [1.82, 2.24) is 4.98 Å². The number of ether oxygens (including phenoxy) is 1. The average molecular weight is 295 g/mol. The number of alkyl halides is 1. The Balaban J connectivity index is 2.69. The predicted octanol–water partition coefficient (Wildman–Crippen LogP) is 2.21. The molecule has 3 nitrogen and oxygen atoms in total. The second-order valence-electron chi connectivity index (χ2n) is 3.39. The smallest absolute Gasteiger partial charge is 0.168 e. The van der Waals surface area contributed by atoms with Crippen LogP contribution in [0.5, 0.6) is 0 Å². The van der Waals surface area contributed by atoms with Crippen LogP contribution in [0.25, 0.3) is 0 Å². The van der Waals surface area contributed by atoms with Crippen molar-refractivity contribution in [2.75, 3.05) is 32.2 Å². The molecule has 1 unspecified atom stereocenters. The van der Waals surface area contributed by atoms with Crippen LogP contribution in [0, 0.1) is 11.6 Å². The third-order valence-electron chi connectivity index (χ3n) is 1.97. The van der Waals surface area contributed by atoms with E-state index >= 15 is 0 Å². The monoisotopic (exact) mass is 294 g/mol. The maximum Gasteiger partial charge on any atom is 0.168 e. The number of rotatable bonds is 5. The molecule has 0 aromatic carbocycles. The predicted molar refractivity (Wildman–Crippen MR) is 62.0 cm³/mol. The molecule has 0 amide bonds. The highest BCUT2D eigenvalue weighted by atomic mass is 79.9. The van der Waals surface area contributed by atoms with E-state index in [1.807, 2.05) is 0 Å². The van der Waals surface area contributed by atoms with Gasteiger partial charge < -0.3 is 9.64 Å². The molecule has 90 valence electrons. The molecule has 1 atom stereocenters. The third kappa shape index (κ3) is 3.68. The zero-order valence-corrected chi connectivity index (χ0v) is 10.7. The summed E-state index contributed by atoms with van der Waals surface area (Å²) in [7, 11) is 3.28. The van der Waals surface area contributed by atoms with Gasteiger partial charge in [-0.15, -0.1) is 0 Å². The molecule has 1 aromatic heterocycles. The van der Waals surface area contributed by atoms with Gasteiger partial charge in [0.25, 0.3) is 0 Å². The molecule has 0 saturated heterocycles. The molecule has 0 radical (unpaired) electrons. The molecule has 0 aliphatic rings. The number of hydrogen-bond donors (Lipinski definition) is 0. The van der Waals surface area contributed by atoms with E-state index < -0.39 is 11.6 Å². The fraction of sp³-hybridized carbons (Fsp3) is 0.500. The summed E-state index contributed by atoms with van der Waals surface area (Å²) in [4.78, 5) is 5.37. The van der Waals surface area contributed by atoms with Crippen LogP contribution in [0.3, 0.4) is 0 Å². The number of aromatic nitrogens is 1. The minimum atomic E-state index is -0.679.